The summed E-state index contributed by atoms with van der Waals surface area (Å²) in [5, 5.41) is 0. The van der Waals surface area contributed by atoms with Crippen LogP contribution in [0.4, 0.5) is 8.78 Å². The minimum absolute atomic E-state index is 0.0309. The summed E-state index contributed by atoms with van der Waals surface area (Å²) in [7, 11) is 0. The summed E-state index contributed by atoms with van der Waals surface area (Å²) in [5.41, 5.74) is 0.366. The SMILES string of the molecule is CC(CCOC(=O)c1ccccc1)=C(F)F. The van der Waals surface area contributed by atoms with Crippen LogP contribution in [0.3, 0.4) is 0 Å². The summed E-state index contributed by atoms with van der Waals surface area (Å²) in [6.07, 6.45) is -1.66. The number of esters is 1. The molecular weight excluding hydrogens is 214 g/mol. The molecule has 0 aromatic heterocycles. The van der Waals surface area contributed by atoms with E-state index >= 15 is 0 Å². The molecule has 0 bridgehead atoms. The van der Waals surface area contributed by atoms with E-state index in [4.69, 9.17) is 4.74 Å². The van der Waals surface area contributed by atoms with Gasteiger partial charge < -0.3 is 4.74 Å². The number of hydrogen-bond acceptors (Lipinski definition) is 2. The van der Waals surface area contributed by atoms with Crippen molar-refractivity contribution in [2.75, 3.05) is 6.61 Å². The molecule has 0 aliphatic rings. The molecule has 0 unspecified atom stereocenters. The second-order valence-electron chi connectivity index (χ2n) is 3.29. The molecule has 0 aliphatic carbocycles. The van der Waals surface area contributed by atoms with E-state index in [-0.39, 0.29) is 18.6 Å². The predicted molar refractivity (Wildman–Crippen MR) is 56.3 cm³/mol. The van der Waals surface area contributed by atoms with E-state index in [2.05, 4.69) is 0 Å². The van der Waals surface area contributed by atoms with Crippen molar-refractivity contribution < 1.29 is 18.3 Å². The molecular formula is C12H12F2O2. The first-order chi connectivity index (χ1) is 7.61. The van der Waals surface area contributed by atoms with Crippen molar-refractivity contribution in [3.05, 3.63) is 47.5 Å². The zero-order valence-electron chi connectivity index (χ0n) is 8.87. The molecule has 1 aromatic carbocycles. The number of rotatable bonds is 4. The summed E-state index contributed by atoms with van der Waals surface area (Å²) >= 11 is 0. The molecule has 0 aliphatic heterocycles. The quantitative estimate of drug-likeness (QED) is 0.735. The maximum atomic E-state index is 12.0. The van der Waals surface area contributed by atoms with Gasteiger partial charge in [-0.15, -0.1) is 0 Å². The second kappa shape index (κ2) is 6.00. The Balaban J connectivity index is 2.40. The summed E-state index contributed by atoms with van der Waals surface area (Å²) in [4.78, 5) is 11.4. The minimum Gasteiger partial charge on any atom is -0.462 e. The van der Waals surface area contributed by atoms with Gasteiger partial charge in [-0.3, -0.25) is 0 Å². The highest BCUT2D eigenvalue weighted by molar-refractivity contribution is 5.89. The fraction of sp³-hybridized carbons (Fsp3) is 0.250. The zero-order chi connectivity index (χ0) is 12.0. The van der Waals surface area contributed by atoms with Gasteiger partial charge in [-0.25, -0.2) is 4.79 Å². The highest BCUT2D eigenvalue weighted by Crippen LogP contribution is 2.11. The molecule has 4 heteroatoms. The van der Waals surface area contributed by atoms with E-state index in [0.717, 1.165) is 0 Å². The first kappa shape index (κ1) is 12.4. The molecule has 2 nitrogen and oxygen atoms in total. The number of hydrogen-bond donors (Lipinski definition) is 0. The average Bonchev–Trinajstić information content (AvgIpc) is 2.29. The van der Waals surface area contributed by atoms with Crippen LogP contribution in [0, 0.1) is 0 Å². The van der Waals surface area contributed by atoms with Crippen LogP contribution in [0.25, 0.3) is 0 Å². The van der Waals surface area contributed by atoms with Crippen molar-refractivity contribution in [1.82, 2.24) is 0 Å². The molecule has 0 fully saturated rings. The van der Waals surface area contributed by atoms with E-state index < -0.39 is 12.0 Å². The Kier molecular flexibility index (Phi) is 4.64. The smallest absolute Gasteiger partial charge is 0.338 e. The van der Waals surface area contributed by atoms with E-state index in [9.17, 15) is 13.6 Å². The van der Waals surface area contributed by atoms with Crippen LogP contribution in [0.1, 0.15) is 23.7 Å². The van der Waals surface area contributed by atoms with E-state index in [1.807, 2.05) is 0 Å². The minimum atomic E-state index is -1.71. The van der Waals surface area contributed by atoms with Gasteiger partial charge in [-0.05, 0) is 24.6 Å². The number of carbonyl (C=O) groups is 1. The van der Waals surface area contributed by atoms with Crippen LogP contribution in [-0.4, -0.2) is 12.6 Å². The van der Waals surface area contributed by atoms with E-state index in [1.54, 1.807) is 30.3 Å². The first-order valence-corrected chi connectivity index (χ1v) is 4.84. The Morgan fingerprint density at radius 3 is 2.44 bits per heavy atom. The summed E-state index contributed by atoms with van der Waals surface area (Å²) < 4.78 is 28.9. The fourth-order valence-electron chi connectivity index (χ4n) is 1.05. The van der Waals surface area contributed by atoms with Gasteiger partial charge in [0.25, 0.3) is 6.08 Å². The molecule has 1 rings (SSSR count). The van der Waals surface area contributed by atoms with Crippen molar-refractivity contribution in [3.63, 3.8) is 0 Å². The number of benzene rings is 1. The average molecular weight is 226 g/mol. The van der Waals surface area contributed by atoms with Crippen molar-refractivity contribution in [2.45, 2.75) is 13.3 Å². The highest BCUT2D eigenvalue weighted by atomic mass is 19.3. The van der Waals surface area contributed by atoms with Crippen molar-refractivity contribution >= 4 is 5.97 Å². The normalized spacial score (nSPS) is 9.69. The molecule has 86 valence electrons. The summed E-state index contributed by atoms with van der Waals surface area (Å²) in [5.74, 6) is -0.493. The maximum Gasteiger partial charge on any atom is 0.338 e. The third-order valence-corrected chi connectivity index (χ3v) is 2.04. The Hall–Kier alpha value is -1.71. The van der Waals surface area contributed by atoms with Gasteiger partial charge in [0.15, 0.2) is 0 Å². The van der Waals surface area contributed by atoms with Crippen LogP contribution in [0.15, 0.2) is 42.0 Å². The standard InChI is InChI=1S/C12H12F2O2/c1-9(11(13)14)7-8-16-12(15)10-5-3-2-4-6-10/h2-6H,7-8H2,1H3. The molecule has 0 atom stereocenters. The lowest BCUT2D eigenvalue weighted by Gasteiger charge is -2.04. The maximum absolute atomic E-state index is 12.0. The van der Waals surface area contributed by atoms with Crippen molar-refractivity contribution in [1.29, 1.82) is 0 Å². The molecule has 0 saturated carbocycles. The Morgan fingerprint density at radius 2 is 1.88 bits per heavy atom. The number of ether oxygens (including phenoxy) is 1. The monoisotopic (exact) mass is 226 g/mol. The van der Waals surface area contributed by atoms with Crippen LogP contribution in [0.2, 0.25) is 0 Å². The Labute approximate surface area is 92.5 Å². The van der Waals surface area contributed by atoms with Gasteiger partial charge in [0.05, 0.1) is 12.2 Å². The topological polar surface area (TPSA) is 26.3 Å². The van der Waals surface area contributed by atoms with Crippen LogP contribution >= 0.6 is 0 Å². The Bertz CT molecular complexity index is 381. The highest BCUT2D eigenvalue weighted by Gasteiger charge is 2.06. The molecule has 16 heavy (non-hydrogen) atoms. The van der Waals surface area contributed by atoms with Gasteiger partial charge in [0.2, 0.25) is 0 Å². The number of halogens is 2. The number of carbonyl (C=O) groups excluding carboxylic acids is 1. The van der Waals surface area contributed by atoms with Gasteiger partial charge in [0, 0.05) is 6.42 Å². The molecule has 0 saturated heterocycles. The molecule has 0 spiro atoms. The lowest BCUT2D eigenvalue weighted by molar-refractivity contribution is 0.0508. The summed E-state index contributed by atoms with van der Waals surface area (Å²) in [6, 6.07) is 8.43. The van der Waals surface area contributed by atoms with Crippen LogP contribution in [0.5, 0.6) is 0 Å². The van der Waals surface area contributed by atoms with Crippen molar-refractivity contribution in [2.24, 2.45) is 0 Å². The third-order valence-electron chi connectivity index (χ3n) is 2.04. The molecule has 1 aromatic rings. The van der Waals surface area contributed by atoms with Gasteiger partial charge in [-0.2, -0.15) is 8.78 Å². The Morgan fingerprint density at radius 1 is 1.25 bits per heavy atom. The zero-order valence-corrected chi connectivity index (χ0v) is 8.87. The lowest BCUT2D eigenvalue weighted by atomic mass is 10.2. The van der Waals surface area contributed by atoms with Crippen molar-refractivity contribution in [3.8, 4) is 0 Å². The second-order valence-corrected chi connectivity index (χ2v) is 3.29. The molecule has 0 N–H and O–H groups in total. The largest absolute Gasteiger partial charge is 0.462 e. The van der Waals surface area contributed by atoms with Gasteiger partial charge in [-0.1, -0.05) is 18.2 Å². The van der Waals surface area contributed by atoms with E-state index in [0.29, 0.717) is 5.56 Å². The fourth-order valence-corrected chi connectivity index (χ4v) is 1.05. The summed E-state index contributed by atoms with van der Waals surface area (Å²) in [6.45, 7) is 1.28. The van der Waals surface area contributed by atoms with E-state index in [1.165, 1.54) is 6.92 Å². The van der Waals surface area contributed by atoms with Gasteiger partial charge >= 0.3 is 5.97 Å². The van der Waals surface area contributed by atoms with Crippen LogP contribution in [-0.2, 0) is 4.74 Å². The van der Waals surface area contributed by atoms with Crippen LogP contribution < -0.4 is 0 Å². The molecule has 0 heterocycles. The third kappa shape index (κ3) is 3.81. The first-order valence-electron chi connectivity index (χ1n) is 4.84. The van der Waals surface area contributed by atoms with Gasteiger partial charge in [0.1, 0.15) is 0 Å². The predicted octanol–water partition coefficient (Wildman–Crippen LogP) is 3.40. The molecule has 0 amide bonds. The molecule has 0 radical (unpaired) electrons. The lowest BCUT2D eigenvalue weighted by Crippen LogP contribution is -2.06.